The van der Waals surface area contributed by atoms with Crippen LogP contribution in [-0.2, 0) is 11.1 Å². The van der Waals surface area contributed by atoms with Crippen molar-refractivity contribution >= 4 is 28.3 Å². The Hall–Kier alpha value is -5.30. The normalized spacial score (nSPS) is 14.7. The summed E-state index contributed by atoms with van der Waals surface area (Å²) in [7, 11) is 0. The maximum Gasteiger partial charge on any atom is 0.139 e. The van der Waals surface area contributed by atoms with Gasteiger partial charge < -0.3 is 10.0 Å². The van der Waals surface area contributed by atoms with Crippen molar-refractivity contribution < 1.29 is 5.11 Å². The van der Waals surface area contributed by atoms with E-state index in [0.717, 1.165) is 50.1 Å². The zero-order valence-corrected chi connectivity index (χ0v) is 27.1. The van der Waals surface area contributed by atoms with E-state index < -0.39 is 11.1 Å². The molecule has 6 nitrogen and oxygen atoms in total. The fraction of sp³-hybridized carbons (Fsp3) is 0.146. The third-order valence-electron chi connectivity index (χ3n) is 9.72. The number of benzene rings is 5. The zero-order valence-electron chi connectivity index (χ0n) is 26.3. The highest BCUT2D eigenvalue weighted by Crippen LogP contribution is 2.42. The number of aromatic nitrogens is 4. The molecule has 1 saturated heterocycles. The number of hydrogen-bond acceptors (Lipinski definition) is 5. The van der Waals surface area contributed by atoms with Crippen molar-refractivity contribution in [2.24, 2.45) is 0 Å². The molecule has 1 aliphatic heterocycles. The maximum absolute atomic E-state index is 11.5. The van der Waals surface area contributed by atoms with Gasteiger partial charge in [0, 0.05) is 35.3 Å². The Morgan fingerprint density at radius 2 is 1.25 bits per heavy atom. The summed E-state index contributed by atoms with van der Waals surface area (Å²) in [6, 6.07) is 45.6. The van der Waals surface area contributed by atoms with E-state index in [-0.39, 0.29) is 0 Å². The highest BCUT2D eigenvalue weighted by atomic mass is 35.5. The minimum absolute atomic E-state index is 0.590. The average Bonchev–Trinajstić information content (AvgIpc) is 3.64. The van der Waals surface area contributed by atoms with Gasteiger partial charge in [0.1, 0.15) is 17.7 Å². The van der Waals surface area contributed by atoms with E-state index in [9.17, 15) is 5.11 Å². The van der Waals surface area contributed by atoms with Gasteiger partial charge in [0.05, 0.1) is 17.3 Å². The molecule has 0 amide bonds. The molecule has 0 spiro atoms. The molecule has 5 aromatic carbocycles. The van der Waals surface area contributed by atoms with Crippen LogP contribution in [0.5, 0.6) is 0 Å². The standard InChI is InChI=1S/C41H34ClN5O/c42-36-19-17-32(18-20-36)40(48)22-24-46(25-23-40)39-37-26-30(16-21-38(37)43-29-44-39)31-27-45-47(28-31)41(33-10-4-1-5-11-33,34-12-6-2-7-13-34)35-14-8-3-9-15-35/h1-21,26-29,48H,22-25H2. The Kier molecular flexibility index (Phi) is 7.75. The maximum atomic E-state index is 11.5. The van der Waals surface area contributed by atoms with Crippen molar-refractivity contribution in [1.82, 2.24) is 19.7 Å². The van der Waals surface area contributed by atoms with E-state index in [1.165, 1.54) is 0 Å². The van der Waals surface area contributed by atoms with Crippen LogP contribution in [0.15, 0.2) is 152 Å². The molecule has 0 radical (unpaired) electrons. The highest BCUT2D eigenvalue weighted by molar-refractivity contribution is 6.30. The summed E-state index contributed by atoms with van der Waals surface area (Å²) >= 11 is 6.11. The van der Waals surface area contributed by atoms with Crippen LogP contribution in [0, 0.1) is 0 Å². The Morgan fingerprint density at radius 3 is 1.83 bits per heavy atom. The van der Waals surface area contributed by atoms with Crippen LogP contribution in [0.3, 0.4) is 0 Å². The summed E-state index contributed by atoms with van der Waals surface area (Å²) in [6.07, 6.45) is 6.90. The third-order valence-corrected chi connectivity index (χ3v) is 9.97. The van der Waals surface area contributed by atoms with Crippen molar-refractivity contribution in [3.63, 3.8) is 0 Å². The Bertz CT molecular complexity index is 2060. The average molecular weight is 648 g/mol. The van der Waals surface area contributed by atoms with Crippen LogP contribution in [0.2, 0.25) is 5.02 Å². The number of aliphatic hydroxyl groups is 1. The number of hydrogen-bond donors (Lipinski definition) is 1. The lowest BCUT2D eigenvalue weighted by Gasteiger charge is -2.39. The first-order valence-corrected chi connectivity index (χ1v) is 16.6. The Labute approximate surface area is 284 Å². The molecule has 0 aliphatic carbocycles. The highest BCUT2D eigenvalue weighted by Gasteiger charge is 2.39. The van der Waals surface area contributed by atoms with Gasteiger partial charge in [-0.15, -0.1) is 0 Å². The van der Waals surface area contributed by atoms with Crippen LogP contribution in [-0.4, -0.2) is 37.9 Å². The second-order valence-corrected chi connectivity index (χ2v) is 12.9. The molecule has 236 valence electrons. The Balaban J connectivity index is 1.18. The van der Waals surface area contributed by atoms with E-state index in [4.69, 9.17) is 21.7 Å². The number of nitrogens with zero attached hydrogens (tertiary/aromatic N) is 5. The number of fused-ring (bicyclic) bond motifs is 1. The lowest BCUT2D eigenvalue weighted by Crippen LogP contribution is -2.43. The number of rotatable bonds is 7. The van der Waals surface area contributed by atoms with Gasteiger partial charge in [-0.05, 0) is 64.9 Å². The Morgan fingerprint density at radius 1 is 0.667 bits per heavy atom. The summed E-state index contributed by atoms with van der Waals surface area (Å²) in [6.45, 7) is 1.34. The van der Waals surface area contributed by atoms with E-state index >= 15 is 0 Å². The molecule has 7 aromatic rings. The number of halogens is 1. The molecule has 0 unspecified atom stereocenters. The topological polar surface area (TPSA) is 67.1 Å². The second kappa shape index (κ2) is 12.4. The zero-order chi connectivity index (χ0) is 32.6. The summed E-state index contributed by atoms with van der Waals surface area (Å²) in [5.74, 6) is 0.875. The number of piperidine rings is 1. The monoisotopic (exact) mass is 647 g/mol. The smallest absolute Gasteiger partial charge is 0.139 e. The van der Waals surface area contributed by atoms with Crippen molar-refractivity contribution in [1.29, 1.82) is 0 Å². The summed E-state index contributed by atoms with van der Waals surface area (Å²) in [5.41, 5.74) is 5.57. The van der Waals surface area contributed by atoms with Gasteiger partial charge in [-0.25, -0.2) is 9.97 Å². The quantitative estimate of drug-likeness (QED) is 0.176. The van der Waals surface area contributed by atoms with E-state index in [2.05, 4.69) is 112 Å². The number of anilines is 1. The lowest BCUT2D eigenvalue weighted by molar-refractivity contribution is 0.0117. The van der Waals surface area contributed by atoms with E-state index in [1.807, 2.05) is 48.7 Å². The fourth-order valence-electron chi connectivity index (χ4n) is 7.20. The molecule has 1 aliphatic rings. The summed E-state index contributed by atoms with van der Waals surface area (Å²) in [4.78, 5) is 11.6. The molecule has 1 fully saturated rings. The molecule has 0 atom stereocenters. The van der Waals surface area contributed by atoms with Crippen LogP contribution in [0.1, 0.15) is 35.1 Å². The molecule has 7 heteroatoms. The van der Waals surface area contributed by atoms with Crippen LogP contribution in [0.4, 0.5) is 5.82 Å². The second-order valence-electron chi connectivity index (χ2n) is 12.4. The first-order chi connectivity index (χ1) is 23.5. The predicted molar refractivity (Wildman–Crippen MR) is 192 cm³/mol. The molecule has 0 saturated carbocycles. The summed E-state index contributed by atoms with van der Waals surface area (Å²) < 4.78 is 2.09. The molecule has 0 bridgehead atoms. The molecule has 48 heavy (non-hydrogen) atoms. The minimum atomic E-state index is -0.896. The molecule has 8 rings (SSSR count). The first kappa shape index (κ1) is 30.1. The molecular formula is C41H34ClN5O. The largest absolute Gasteiger partial charge is 0.385 e. The van der Waals surface area contributed by atoms with Gasteiger partial charge in [-0.3, -0.25) is 4.68 Å². The SMILES string of the molecule is OC1(c2ccc(Cl)cc2)CCN(c2ncnc3ccc(-c4cnn(C(c5ccccc5)(c5ccccc5)c5ccccc5)c4)cc23)CC1. The lowest BCUT2D eigenvalue weighted by atomic mass is 9.77. The van der Waals surface area contributed by atoms with Crippen LogP contribution < -0.4 is 4.90 Å². The van der Waals surface area contributed by atoms with E-state index in [1.54, 1.807) is 6.33 Å². The predicted octanol–water partition coefficient (Wildman–Crippen LogP) is 8.47. The first-order valence-electron chi connectivity index (χ1n) is 16.2. The van der Waals surface area contributed by atoms with Gasteiger partial charge in [-0.1, -0.05) is 121 Å². The fourth-order valence-corrected chi connectivity index (χ4v) is 7.33. The molecule has 3 heterocycles. The van der Waals surface area contributed by atoms with Crippen molar-refractivity contribution in [3.05, 3.63) is 179 Å². The van der Waals surface area contributed by atoms with Gasteiger partial charge in [-0.2, -0.15) is 5.10 Å². The summed E-state index contributed by atoms with van der Waals surface area (Å²) in [5, 5.41) is 18.2. The molecular weight excluding hydrogens is 614 g/mol. The van der Waals surface area contributed by atoms with Gasteiger partial charge in [0.15, 0.2) is 0 Å². The van der Waals surface area contributed by atoms with Crippen molar-refractivity contribution in [2.75, 3.05) is 18.0 Å². The van der Waals surface area contributed by atoms with Gasteiger partial charge in [0.2, 0.25) is 0 Å². The van der Waals surface area contributed by atoms with Crippen LogP contribution in [0.25, 0.3) is 22.0 Å². The van der Waals surface area contributed by atoms with Crippen LogP contribution >= 0.6 is 11.6 Å². The van der Waals surface area contributed by atoms with E-state index in [0.29, 0.717) is 31.0 Å². The van der Waals surface area contributed by atoms with Crippen molar-refractivity contribution in [2.45, 2.75) is 24.0 Å². The van der Waals surface area contributed by atoms with Gasteiger partial charge in [0.25, 0.3) is 0 Å². The van der Waals surface area contributed by atoms with Gasteiger partial charge >= 0.3 is 0 Å². The molecule has 2 aromatic heterocycles. The third kappa shape index (κ3) is 5.23. The van der Waals surface area contributed by atoms with Crippen molar-refractivity contribution in [3.8, 4) is 11.1 Å². The minimum Gasteiger partial charge on any atom is -0.385 e. The molecule has 1 N–H and O–H groups in total.